The van der Waals surface area contributed by atoms with Crippen LogP contribution in [0.1, 0.15) is 29.7 Å². The Morgan fingerprint density at radius 1 is 1.04 bits per heavy atom. The Hall–Kier alpha value is -3.82. The monoisotopic (exact) mass is 857 g/mol. The maximum absolute atomic E-state index is 14.3. The number of hydrogen-bond donors (Lipinski definition) is 1. The Bertz CT molecular complexity index is 2160. The minimum Gasteiger partial charge on any atom is -0.497 e. The van der Waals surface area contributed by atoms with Crippen LogP contribution in [0.4, 0.5) is 10.1 Å². The SMILES string of the molecule is COc1cccc([C@H]2C(C(=O)Nc3ccccc3)=C(C)N=c3s/c(=C\c4cc(I)cc(I)c4OCc4ccc(F)cc4)c(=O)n32)c1. The summed E-state index contributed by atoms with van der Waals surface area (Å²) in [5, 5.41) is 2.97. The number of nitrogens with one attached hydrogen (secondary N) is 1. The number of halogens is 3. The first-order valence-corrected chi connectivity index (χ1v) is 17.1. The highest BCUT2D eigenvalue weighted by Gasteiger charge is 2.33. The third-order valence-electron chi connectivity index (χ3n) is 7.33. The summed E-state index contributed by atoms with van der Waals surface area (Å²) < 4.78 is 29.0. The summed E-state index contributed by atoms with van der Waals surface area (Å²) in [7, 11) is 1.58. The van der Waals surface area contributed by atoms with Crippen LogP contribution in [0, 0.1) is 13.0 Å². The van der Waals surface area contributed by atoms with Crippen LogP contribution in [-0.2, 0) is 11.4 Å². The van der Waals surface area contributed by atoms with Crippen molar-refractivity contribution >= 4 is 74.2 Å². The molecule has 1 N–H and O–H groups in total. The molecule has 2 heterocycles. The summed E-state index contributed by atoms with van der Waals surface area (Å²) in [5.74, 6) is 0.554. The quantitative estimate of drug-likeness (QED) is 0.174. The van der Waals surface area contributed by atoms with E-state index in [-0.39, 0.29) is 23.9 Å². The highest BCUT2D eigenvalue weighted by Crippen LogP contribution is 2.33. The largest absolute Gasteiger partial charge is 0.497 e. The average molecular weight is 857 g/mol. The van der Waals surface area contributed by atoms with E-state index in [1.54, 1.807) is 36.8 Å². The standard InChI is InChI=1S/C35H26FI2N3O4S/c1-20-30(33(42)40-26-8-4-3-5-9-26)31(22-7-6-10-27(16-22)44-2)41-34(43)29(46-35(41)39-20)17-23-15-25(37)18-28(38)32(23)45-19-21-11-13-24(36)14-12-21/h3-18,31H,19H2,1-2H3,(H,40,42)/b29-17-/t31-/m0/s1. The van der Waals surface area contributed by atoms with Crippen LogP contribution in [-0.4, -0.2) is 17.6 Å². The molecule has 0 fully saturated rings. The number of fused-ring (bicyclic) bond motifs is 1. The molecule has 0 aliphatic carbocycles. The van der Waals surface area contributed by atoms with E-state index < -0.39 is 6.04 Å². The molecule has 1 aliphatic heterocycles. The van der Waals surface area contributed by atoms with Crippen LogP contribution >= 0.6 is 56.5 Å². The van der Waals surface area contributed by atoms with Crippen molar-refractivity contribution in [1.29, 1.82) is 0 Å². The van der Waals surface area contributed by atoms with Gasteiger partial charge < -0.3 is 14.8 Å². The molecule has 46 heavy (non-hydrogen) atoms. The summed E-state index contributed by atoms with van der Waals surface area (Å²) in [6.45, 7) is 2.02. The van der Waals surface area contributed by atoms with E-state index in [0.29, 0.717) is 43.4 Å². The van der Waals surface area contributed by atoms with Crippen molar-refractivity contribution in [2.75, 3.05) is 12.4 Å². The van der Waals surface area contributed by atoms with Crippen LogP contribution in [0.25, 0.3) is 6.08 Å². The minimum absolute atomic E-state index is 0.230. The van der Waals surface area contributed by atoms with Gasteiger partial charge in [-0.15, -0.1) is 0 Å². The third kappa shape index (κ3) is 6.81. The van der Waals surface area contributed by atoms with Gasteiger partial charge in [-0.05, 0) is 118 Å². The van der Waals surface area contributed by atoms with Gasteiger partial charge in [0.25, 0.3) is 11.5 Å². The molecular formula is C35H26FI2N3O4S. The Balaban J connectivity index is 1.47. The first-order valence-electron chi connectivity index (χ1n) is 14.1. The molecule has 6 rings (SSSR count). The van der Waals surface area contributed by atoms with E-state index in [1.165, 1.54) is 23.5 Å². The fourth-order valence-electron chi connectivity index (χ4n) is 5.18. The van der Waals surface area contributed by atoms with Crippen LogP contribution in [0.15, 0.2) is 112 Å². The summed E-state index contributed by atoms with van der Waals surface area (Å²) >= 11 is 5.70. The van der Waals surface area contributed by atoms with Crippen molar-refractivity contribution in [3.63, 3.8) is 0 Å². The van der Waals surface area contributed by atoms with Gasteiger partial charge in [-0.2, -0.15) is 0 Å². The summed E-state index contributed by atoms with van der Waals surface area (Å²) in [4.78, 5) is 33.4. The van der Waals surface area contributed by atoms with E-state index in [4.69, 9.17) is 14.5 Å². The Kier molecular flexibility index (Phi) is 9.70. The van der Waals surface area contributed by atoms with E-state index in [1.807, 2.05) is 66.7 Å². The molecule has 0 radical (unpaired) electrons. The van der Waals surface area contributed by atoms with Gasteiger partial charge in [0.2, 0.25) is 0 Å². The molecule has 0 saturated heterocycles. The first kappa shape index (κ1) is 32.1. The van der Waals surface area contributed by atoms with Gasteiger partial charge in [0, 0.05) is 14.8 Å². The molecule has 232 valence electrons. The van der Waals surface area contributed by atoms with Crippen LogP contribution in [0.3, 0.4) is 0 Å². The second-order valence-electron chi connectivity index (χ2n) is 10.4. The predicted molar refractivity (Wildman–Crippen MR) is 194 cm³/mol. The van der Waals surface area contributed by atoms with Crippen molar-refractivity contribution in [2.24, 2.45) is 4.99 Å². The molecule has 5 aromatic rings. The molecule has 0 saturated carbocycles. The topological polar surface area (TPSA) is 81.9 Å². The zero-order chi connectivity index (χ0) is 32.4. The number of carbonyl (C=O) groups is 1. The lowest BCUT2D eigenvalue weighted by molar-refractivity contribution is -0.113. The third-order valence-corrected chi connectivity index (χ3v) is 9.73. The van der Waals surface area contributed by atoms with Gasteiger partial charge >= 0.3 is 0 Å². The second-order valence-corrected chi connectivity index (χ2v) is 13.8. The maximum Gasteiger partial charge on any atom is 0.271 e. The molecule has 0 bridgehead atoms. The predicted octanol–water partition coefficient (Wildman–Crippen LogP) is 6.81. The normalized spacial score (nSPS) is 14.5. The van der Waals surface area contributed by atoms with Crippen LogP contribution < -0.4 is 29.7 Å². The fourth-order valence-corrected chi connectivity index (χ4v) is 8.26. The Labute approximate surface area is 295 Å². The van der Waals surface area contributed by atoms with Gasteiger partial charge in [-0.1, -0.05) is 53.8 Å². The molecule has 1 amide bonds. The molecule has 0 unspecified atom stereocenters. The number of amides is 1. The molecule has 1 aliphatic rings. The molecule has 1 aromatic heterocycles. The zero-order valence-electron chi connectivity index (χ0n) is 24.6. The number of hydrogen-bond acceptors (Lipinski definition) is 6. The van der Waals surface area contributed by atoms with Gasteiger partial charge in [-0.25, -0.2) is 9.38 Å². The average Bonchev–Trinajstić information content (AvgIpc) is 3.34. The summed E-state index contributed by atoms with van der Waals surface area (Å²) in [5.41, 5.74) is 3.48. The zero-order valence-corrected chi connectivity index (χ0v) is 29.7. The van der Waals surface area contributed by atoms with E-state index in [2.05, 4.69) is 50.5 Å². The lowest BCUT2D eigenvalue weighted by atomic mass is 9.95. The van der Waals surface area contributed by atoms with Gasteiger partial charge in [0.15, 0.2) is 4.80 Å². The molecular weight excluding hydrogens is 831 g/mol. The number of benzene rings is 4. The van der Waals surface area contributed by atoms with Crippen molar-refractivity contribution in [3.8, 4) is 11.5 Å². The van der Waals surface area contributed by atoms with Crippen LogP contribution in [0.2, 0.25) is 0 Å². The van der Waals surface area contributed by atoms with Crippen molar-refractivity contribution in [3.05, 3.63) is 152 Å². The number of allylic oxidation sites excluding steroid dienone is 1. The molecule has 4 aromatic carbocycles. The second kappa shape index (κ2) is 13.9. The van der Waals surface area contributed by atoms with E-state index in [0.717, 1.165) is 18.3 Å². The number of aromatic nitrogens is 1. The Morgan fingerprint density at radius 3 is 2.54 bits per heavy atom. The Morgan fingerprint density at radius 2 is 1.80 bits per heavy atom. The van der Waals surface area contributed by atoms with Crippen molar-refractivity contribution in [2.45, 2.75) is 19.6 Å². The van der Waals surface area contributed by atoms with Gasteiger partial charge in [0.05, 0.1) is 32.5 Å². The molecule has 7 nitrogen and oxygen atoms in total. The molecule has 1 atom stereocenters. The van der Waals surface area contributed by atoms with Gasteiger partial charge in [0.1, 0.15) is 23.9 Å². The van der Waals surface area contributed by atoms with E-state index >= 15 is 0 Å². The number of nitrogens with zero attached hydrogens (tertiary/aromatic N) is 2. The lowest BCUT2D eigenvalue weighted by Crippen LogP contribution is -2.40. The minimum atomic E-state index is -0.748. The summed E-state index contributed by atoms with van der Waals surface area (Å²) in [6.07, 6.45) is 1.81. The number of carbonyl (C=O) groups excluding carboxylic acids is 1. The molecule has 11 heteroatoms. The highest BCUT2D eigenvalue weighted by molar-refractivity contribution is 14.1. The van der Waals surface area contributed by atoms with Crippen molar-refractivity contribution < 1.29 is 18.7 Å². The number of methoxy groups -OCH3 is 1. The smallest absolute Gasteiger partial charge is 0.271 e. The number of rotatable bonds is 8. The number of anilines is 1. The maximum atomic E-state index is 14.3. The summed E-state index contributed by atoms with van der Waals surface area (Å²) in [6, 6.07) is 25.9. The van der Waals surface area contributed by atoms with E-state index in [9.17, 15) is 14.0 Å². The highest BCUT2D eigenvalue weighted by atomic mass is 127. The van der Waals surface area contributed by atoms with Crippen LogP contribution in [0.5, 0.6) is 11.5 Å². The number of ether oxygens (including phenoxy) is 2. The first-order chi connectivity index (χ1) is 22.2. The van der Waals surface area contributed by atoms with Gasteiger partial charge in [-0.3, -0.25) is 14.2 Å². The van der Waals surface area contributed by atoms with Crippen molar-refractivity contribution in [1.82, 2.24) is 4.57 Å². The number of thiazole rings is 1. The fraction of sp³-hybridized carbons (Fsp3) is 0.114. The lowest BCUT2D eigenvalue weighted by Gasteiger charge is -2.25. The number of para-hydroxylation sites is 1. The molecule has 0 spiro atoms.